The Labute approximate surface area is 177 Å². The van der Waals surface area contributed by atoms with Gasteiger partial charge >= 0.3 is 0 Å². The molecule has 0 aliphatic carbocycles. The Hall–Kier alpha value is -2.64. The molecule has 0 spiro atoms. The predicted octanol–water partition coefficient (Wildman–Crippen LogP) is 4.91. The second-order valence-corrected chi connectivity index (χ2v) is 8.61. The van der Waals surface area contributed by atoms with Crippen LogP contribution < -0.4 is 0 Å². The van der Waals surface area contributed by atoms with Crippen LogP contribution in [0.15, 0.2) is 41.1 Å². The highest BCUT2D eigenvalue weighted by molar-refractivity contribution is 7.17. The van der Waals surface area contributed by atoms with Crippen molar-refractivity contribution < 1.29 is 9.21 Å². The lowest BCUT2D eigenvalue weighted by atomic mass is 10.2. The van der Waals surface area contributed by atoms with Crippen LogP contribution in [0.1, 0.15) is 28.6 Å². The predicted molar refractivity (Wildman–Crippen MR) is 114 cm³/mol. The average Bonchev–Trinajstić information content (AvgIpc) is 3.36. The van der Waals surface area contributed by atoms with Gasteiger partial charge in [0.15, 0.2) is 16.6 Å². The number of carbonyl (C=O) groups is 1. The van der Waals surface area contributed by atoms with Gasteiger partial charge in [0.25, 0.3) is 0 Å². The van der Waals surface area contributed by atoms with Gasteiger partial charge in [-0.2, -0.15) is 0 Å². The fraction of sp³-hybridized carbons (Fsp3) is 0.286. The molecule has 0 saturated heterocycles. The molecule has 8 heteroatoms. The number of thiazole rings is 1. The van der Waals surface area contributed by atoms with Crippen molar-refractivity contribution >= 4 is 33.8 Å². The van der Waals surface area contributed by atoms with Crippen LogP contribution in [0, 0.1) is 13.8 Å². The summed E-state index contributed by atoms with van der Waals surface area (Å²) in [5, 5.41) is 0.608. The van der Waals surface area contributed by atoms with E-state index >= 15 is 0 Å². The lowest BCUT2D eigenvalue weighted by Gasteiger charge is -2.17. The largest absolute Gasteiger partial charge is 0.441 e. The zero-order valence-corrected chi connectivity index (χ0v) is 18.0. The molecule has 29 heavy (non-hydrogen) atoms. The molecule has 3 heterocycles. The maximum absolute atomic E-state index is 12.6. The van der Waals surface area contributed by atoms with E-state index in [1.54, 1.807) is 22.4 Å². The Kier molecular flexibility index (Phi) is 5.43. The van der Waals surface area contributed by atoms with E-state index in [0.717, 1.165) is 21.9 Å². The Morgan fingerprint density at radius 3 is 2.90 bits per heavy atom. The average molecular weight is 429 g/mol. The molecule has 150 valence electrons. The van der Waals surface area contributed by atoms with E-state index in [2.05, 4.69) is 27.5 Å². The fourth-order valence-corrected chi connectivity index (χ4v) is 4.35. The van der Waals surface area contributed by atoms with Gasteiger partial charge in [-0.15, -0.1) is 11.3 Å². The van der Waals surface area contributed by atoms with Crippen LogP contribution in [-0.4, -0.2) is 32.2 Å². The number of carbonyl (C=O) groups excluding carboxylic acids is 1. The maximum Gasteiger partial charge on any atom is 0.223 e. The van der Waals surface area contributed by atoms with Crippen molar-refractivity contribution in [3.8, 4) is 11.3 Å². The van der Waals surface area contributed by atoms with Crippen LogP contribution in [0.3, 0.4) is 0 Å². The summed E-state index contributed by atoms with van der Waals surface area (Å²) in [6, 6.07) is 7.45. The molecule has 0 atom stereocenters. The SMILES string of the molecule is Cc1cn2c(CN(C)C(=O)CCc3ncc(-c4ccccc4Cl)o3)c(C)nc2s1. The third-order valence-corrected chi connectivity index (χ3v) is 6.03. The number of benzene rings is 1. The zero-order valence-electron chi connectivity index (χ0n) is 16.5. The van der Waals surface area contributed by atoms with Crippen molar-refractivity contribution in [2.24, 2.45) is 0 Å². The summed E-state index contributed by atoms with van der Waals surface area (Å²) in [4.78, 5) is 25.4. The first-order chi connectivity index (χ1) is 13.9. The van der Waals surface area contributed by atoms with Crippen molar-refractivity contribution in [1.82, 2.24) is 19.3 Å². The van der Waals surface area contributed by atoms with E-state index in [4.69, 9.17) is 16.0 Å². The first-order valence-electron chi connectivity index (χ1n) is 9.30. The quantitative estimate of drug-likeness (QED) is 0.437. The number of imidazole rings is 1. The van der Waals surface area contributed by atoms with Crippen LogP contribution in [0.5, 0.6) is 0 Å². The van der Waals surface area contributed by atoms with Gasteiger partial charge in [0, 0.05) is 36.5 Å². The molecule has 6 nitrogen and oxygen atoms in total. The monoisotopic (exact) mass is 428 g/mol. The standard InChI is InChI=1S/C21H21ClN4O2S/c1-13-11-26-17(14(2)24-21(26)29-13)12-25(3)20(27)9-8-19-23-10-18(28-19)15-6-4-5-7-16(15)22/h4-7,10-11H,8-9,12H2,1-3H3. The van der Waals surface area contributed by atoms with E-state index in [0.29, 0.717) is 36.1 Å². The lowest BCUT2D eigenvalue weighted by molar-refractivity contribution is -0.130. The van der Waals surface area contributed by atoms with Gasteiger partial charge in [0.2, 0.25) is 5.91 Å². The smallest absolute Gasteiger partial charge is 0.223 e. The van der Waals surface area contributed by atoms with Crippen LogP contribution in [0.25, 0.3) is 16.3 Å². The molecule has 0 aliphatic rings. The molecule has 0 fully saturated rings. The van der Waals surface area contributed by atoms with Gasteiger partial charge in [-0.05, 0) is 26.0 Å². The van der Waals surface area contributed by atoms with Crippen molar-refractivity contribution in [2.45, 2.75) is 33.2 Å². The summed E-state index contributed by atoms with van der Waals surface area (Å²) in [6.07, 6.45) is 4.47. The molecule has 3 aromatic heterocycles. The summed E-state index contributed by atoms with van der Waals surface area (Å²) >= 11 is 7.86. The van der Waals surface area contributed by atoms with Crippen LogP contribution in [-0.2, 0) is 17.8 Å². The molecule has 0 radical (unpaired) electrons. The highest BCUT2D eigenvalue weighted by Crippen LogP contribution is 2.28. The number of halogens is 1. The van der Waals surface area contributed by atoms with Gasteiger partial charge in [-0.3, -0.25) is 9.20 Å². The van der Waals surface area contributed by atoms with Crippen molar-refractivity contribution in [3.05, 3.63) is 63.8 Å². The number of fused-ring (bicyclic) bond motifs is 1. The molecule has 0 aliphatic heterocycles. The number of rotatable bonds is 6. The summed E-state index contributed by atoms with van der Waals surface area (Å²) in [5.41, 5.74) is 2.79. The van der Waals surface area contributed by atoms with Gasteiger partial charge in [0.1, 0.15) is 0 Å². The maximum atomic E-state index is 12.6. The lowest BCUT2D eigenvalue weighted by Crippen LogP contribution is -2.27. The third kappa shape index (κ3) is 4.06. The molecule has 0 saturated carbocycles. The van der Waals surface area contributed by atoms with Gasteiger partial charge in [0.05, 0.1) is 29.2 Å². The number of hydrogen-bond acceptors (Lipinski definition) is 5. The van der Waals surface area contributed by atoms with E-state index < -0.39 is 0 Å². The molecular weight excluding hydrogens is 408 g/mol. The number of aromatic nitrogens is 3. The van der Waals surface area contributed by atoms with Gasteiger partial charge in [-0.1, -0.05) is 23.7 Å². The Morgan fingerprint density at radius 2 is 2.10 bits per heavy atom. The first-order valence-corrected chi connectivity index (χ1v) is 10.5. The molecule has 0 bridgehead atoms. The number of amides is 1. The van der Waals surface area contributed by atoms with E-state index in [-0.39, 0.29) is 5.91 Å². The Morgan fingerprint density at radius 1 is 1.31 bits per heavy atom. The fourth-order valence-electron chi connectivity index (χ4n) is 3.23. The number of hydrogen-bond donors (Lipinski definition) is 0. The molecule has 4 rings (SSSR count). The second-order valence-electron chi connectivity index (χ2n) is 6.99. The molecular formula is C21H21ClN4O2S. The van der Waals surface area contributed by atoms with Crippen LogP contribution in [0.4, 0.5) is 0 Å². The first kappa shape index (κ1) is 19.7. The van der Waals surface area contributed by atoms with Gasteiger partial charge < -0.3 is 9.32 Å². The van der Waals surface area contributed by atoms with Gasteiger partial charge in [-0.25, -0.2) is 9.97 Å². The summed E-state index contributed by atoms with van der Waals surface area (Å²) in [7, 11) is 1.81. The zero-order chi connectivity index (χ0) is 20.5. The molecule has 4 aromatic rings. The van der Waals surface area contributed by atoms with Crippen molar-refractivity contribution in [1.29, 1.82) is 0 Å². The van der Waals surface area contributed by atoms with Crippen LogP contribution in [0.2, 0.25) is 5.02 Å². The van der Waals surface area contributed by atoms with E-state index in [1.807, 2.05) is 38.2 Å². The van der Waals surface area contributed by atoms with Crippen molar-refractivity contribution in [3.63, 3.8) is 0 Å². The highest BCUT2D eigenvalue weighted by Gasteiger charge is 2.17. The summed E-state index contributed by atoms with van der Waals surface area (Å²) < 4.78 is 7.86. The Balaban J connectivity index is 1.39. The third-order valence-electron chi connectivity index (χ3n) is 4.80. The summed E-state index contributed by atoms with van der Waals surface area (Å²) in [5.74, 6) is 1.17. The minimum atomic E-state index is 0.0313. The normalized spacial score (nSPS) is 11.3. The minimum Gasteiger partial charge on any atom is -0.441 e. The summed E-state index contributed by atoms with van der Waals surface area (Å²) in [6.45, 7) is 4.55. The molecule has 0 N–H and O–H groups in total. The molecule has 1 aromatic carbocycles. The molecule has 1 amide bonds. The molecule has 0 unspecified atom stereocenters. The van der Waals surface area contributed by atoms with E-state index in [9.17, 15) is 4.79 Å². The van der Waals surface area contributed by atoms with E-state index in [1.165, 1.54) is 4.88 Å². The minimum absolute atomic E-state index is 0.0313. The number of nitrogens with zero attached hydrogens (tertiary/aromatic N) is 4. The van der Waals surface area contributed by atoms with Crippen molar-refractivity contribution in [2.75, 3.05) is 7.05 Å². The highest BCUT2D eigenvalue weighted by atomic mass is 35.5. The number of oxazole rings is 1. The number of aryl methyl sites for hydroxylation is 3. The topological polar surface area (TPSA) is 63.6 Å². The van der Waals surface area contributed by atoms with Crippen LogP contribution >= 0.6 is 22.9 Å². The Bertz CT molecular complexity index is 1180. The second kappa shape index (κ2) is 8.00.